The largest absolute Gasteiger partial charge is 0.507 e. The Morgan fingerprint density at radius 2 is 2.33 bits per heavy atom. The minimum absolute atomic E-state index is 0.0165. The molecule has 0 aromatic heterocycles. The highest BCUT2D eigenvalue weighted by molar-refractivity contribution is 14.1. The molecule has 0 saturated carbocycles. The van der Waals surface area contributed by atoms with E-state index in [9.17, 15) is 9.90 Å². The Labute approximate surface area is 102 Å². The second kappa shape index (κ2) is 5.32. The molecule has 0 aliphatic heterocycles. The molecule has 1 aromatic carbocycles. The van der Waals surface area contributed by atoms with Gasteiger partial charge in [0.1, 0.15) is 5.75 Å². The van der Waals surface area contributed by atoms with Crippen LogP contribution in [0.1, 0.15) is 17.3 Å². The third-order valence-corrected chi connectivity index (χ3v) is 2.61. The van der Waals surface area contributed by atoms with E-state index in [1.807, 2.05) is 6.92 Å². The lowest BCUT2D eigenvalue weighted by molar-refractivity contribution is 0.0938. The first kappa shape index (κ1) is 12.3. The number of halogens is 1. The van der Waals surface area contributed by atoms with Crippen LogP contribution in [-0.2, 0) is 0 Å². The topological polar surface area (TPSA) is 75.3 Å². The molecule has 82 valence electrons. The van der Waals surface area contributed by atoms with Crippen LogP contribution in [0, 0.1) is 3.57 Å². The number of phenolic OH excluding ortho intramolecular Hbond substituents is 1. The van der Waals surface area contributed by atoms with Gasteiger partial charge in [0, 0.05) is 16.2 Å². The first-order valence-electron chi connectivity index (χ1n) is 4.54. The van der Waals surface area contributed by atoms with Gasteiger partial charge < -0.3 is 16.2 Å². The van der Waals surface area contributed by atoms with Crippen LogP contribution in [0.15, 0.2) is 18.2 Å². The number of carbonyl (C=O) groups is 1. The molecular weight excluding hydrogens is 307 g/mol. The third-order valence-electron chi connectivity index (χ3n) is 1.93. The lowest BCUT2D eigenvalue weighted by Gasteiger charge is -2.12. The Balaban J connectivity index is 2.86. The Bertz CT molecular complexity index is 368. The van der Waals surface area contributed by atoms with Gasteiger partial charge in [-0.2, -0.15) is 0 Å². The van der Waals surface area contributed by atoms with Crippen molar-refractivity contribution in [1.29, 1.82) is 0 Å². The van der Waals surface area contributed by atoms with Crippen LogP contribution in [0.5, 0.6) is 5.75 Å². The quantitative estimate of drug-likeness (QED) is 0.730. The summed E-state index contributed by atoms with van der Waals surface area (Å²) >= 11 is 2.08. The second-order valence-electron chi connectivity index (χ2n) is 3.27. The fourth-order valence-corrected chi connectivity index (χ4v) is 1.54. The molecule has 4 N–H and O–H groups in total. The number of nitrogens with two attached hydrogens (primary N) is 1. The van der Waals surface area contributed by atoms with Crippen molar-refractivity contribution in [3.63, 3.8) is 0 Å². The molecule has 4 nitrogen and oxygen atoms in total. The van der Waals surface area contributed by atoms with E-state index in [0.29, 0.717) is 6.54 Å². The number of phenols is 1. The average molecular weight is 320 g/mol. The van der Waals surface area contributed by atoms with Crippen LogP contribution in [0.25, 0.3) is 0 Å². The maximum Gasteiger partial charge on any atom is 0.255 e. The van der Waals surface area contributed by atoms with Gasteiger partial charge in [0.25, 0.3) is 5.91 Å². The number of carbonyl (C=O) groups excluding carboxylic acids is 1. The molecule has 0 unspecified atom stereocenters. The van der Waals surface area contributed by atoms with Gasteiger partial charge in [-0.1, -0.05) is 0 Å². The third kappa shape index (κ3) is 3.35. The summed E-state index contributed by atoms with van der Waals surface area (Å²) in [6, 6.07) is 4.77. The summed E-state index contributed by atoms with van der Waals surface area (Å²) in [7, 11) is 0. The summed E-state index contributed by atoms with van der Waals surface area (Å²) in [6.45, 7) is 2.18. The van der Waals surface area contributed by atoms with E-state index in [4.69, 9.17) is 5.73 Å². The van der Waals surface area contributed by atoms with Crippen molar-refractivity contribution in [2.45, 2.75) is 13.0 Å². The van der Waals surface area contributed by atoms with E-state index in [-0.39, 0.29) is 23.3 Å². The molecule has 1 atom stereocenters. The predicted octanol–water partition coefficient (Wildman–Crippen LogP) is 1.07. The molecule has 0 aliphatic rings. The summed E-state index contributed by atoms with van der Waals surface area (Å²) in [4.78, 5) is 11.7. The van der Waals surface area contributed by atoms with Crippen molar-refractivity contribution in [3.8, 4) is 5.75 Å². The van der Waals surface area contributed by atoms with Crippen LogP contribution in [0.4, 0.5) is 0 Å². The Kier molecular flexibility index (Phi) is 4.34. The van der Waals surface area contributed by atoms with Gasteiger partial charge >= 0.3 is 0 Å². The molecule has 0 heterocycles. The van der Waals surface area contributed by atoms with E-state index in [2.05, 4.69) is 27.9 Å². The predicted molar refractivity (Wildman–Crippen MR) is 66.8 cm³/mol. The van der Waals surface area contributed by atoms with Crippen molar-refractivity contribution >= 4 is 28.5 Å². The lowest BCUT2D eigenvalue weighted by Crippen LogP contribution is -2.37. The second-order valence-corrected chi connectivity index (χ2v) is 4.52. The van der Waals surface area contributed by atoms with E-state index >= 15 is 0 Å². The maximum absolute atomic E-state index is 11.7. The molecule has 0 aliphatic carbocycles. The summed E-state index contributed by atoms with van der Waals surface area (Å²) in [6.07, 6.45) is 0. The van der Waals surface area contributed by atoms with Gasteiger partial charge in [-0.3, -0.25) is 4.79 Å². The van der Waals surface area contributed by atoms with Gasteiger partial charge in [-0.05, 0) is 47.7 Å². The van der Waals surface area contributed by atoms with E-state index in [0.717, 1.165) is 3.57 Å². The zero-order chi connectivity index (χ0) is 11.4. The molecule has 1 amide bonds. The molecule has 0 saturated heterocycles. The number of hydrogen-bond acceptors (Lipinski definition) is 3. The average Bonchev–Trinajstić information content (AvgIpc) is 2.21. The Hall–Kier alpha value is -0.820. The van der Waals surface area contributed by atoms with Crippen molar-refractivity contribution in [2.24, 2.45) is 5.73 Å². The molecule has 15 heavy (non-hydrogen) atoms. The summed E-state index contributed by atoms with van der Waals surface area (Å²) < 4.78 is 0.899. The number of amides is 1. The zero-order valence-corrected chi connectivity index (χ0v) is 10.5. The number of rotatable bonds is 3. The Morgan fingerprint density at radius 1 is 1.67 bits per heavy atom. The summed E-state index contributed by atoms with van der Waals surface area (Å²) in [5.74, 6) is -0.318. The van der Waals surface area contributed by atoms with Crippen molar-refractivity contribution in [3.05, 3.63) is 27.3 Å². The van der Waals surface area contributed by atoms with Crippen LogP contribution in [0.2, 0.25) is 0 Å². The summed E-state index contributed by atoms with van der Waals surface area (Å²) in [5.41, 5.74) is 5.67. The van der Waals surface area contributed by atoms with Crippen LogP contribution in [0.3, 0.4) is 0 Å². The molecule has 0 radical (unpaired) electrons. The number of aromatic hydroxyl groups is 1. The first-order valence-corrected chi connectivity index (χ1v) is 5.62. The Morgan fingerprint density at radius 3 is 2.93 bits per heavy atom. The number of nitrogens with one attached hydrogen (secondary N) is 1. The van der Waals surface area contributed by atoms with Gasteiger partial charge in [-0.15, -0.1) is 0 Å². The SMILES string of the molecule is C[C@H](CN)NC(=O)c1cc(I)ccc1O. The van der Waals surface area contributed by atoms with E-state index < -0.39 is 0 Å². The summed E-state index contributed by atoms with van der Waals surface area (Å²) in [5, 5.41) is 12.2. The molecule has 1 aromatic rings. The van der Waals surface area contributed by atoms with Gasteiger partial charge in [-0.25, -0.2) is 0 Å². The van der Waals surface area contributed by atoms with Gasteiger partial charge in [0.2, 0.25) is 0 Å². The standard InChI is InChI=1S/C10H13IN2O2/c1-6(5-12)13-10(15)8-4-7(11)2-3-9(8)14/h2-4,6,14H,5,12H2,1H3,(H,13,15)/t6-/m1/s1. The molecule has 0 fully saturated rings. The molecule has 5 heteroatoms. The van der Waals surface area contributed by atoms with Crippen molar-refractivity contribution in [1.82, 2.24) is 5.32 Å². The van der Waals surface area contributed by atoms with Gasteiger partial charge in [0.05, 0.1) is 5.56 Å². The molecule has 0 bridgehead atoms. The number of hydrogen-bond donors (Lipinski definition) is 3. The number of benzene rings is 1. The monoisotopic (exact) mass is 320 g/mol. The highest BCUT2D eigenvalue weighted by atomic mass is 127. The van der Waals surface area contributed by atoms with Crippen molar-refractivity contribution in [2.75, 3.05) is 6.54 Å². The highest BCUT2D eigenvalue weighted by Gasteiger charge is 2.13. The van der Waals surface area contributed by atoms with Gasteiger partial charge in [0.15, 0.2) is 0 Å². The maximum atomic E-state index is 11.7. The van der Waals surface area contributed by atoms with Crippen molar-refractivity contribution < 1.29 is 9.90 Å². The first-order chi connectivity index (χ1) is 7.04. The lowest BCUT2D eigenvalue weighted by atomic mass is 10.2. The fraction of sp³-hybridized carbons (Fsp3) is 0.300. The van der Waals surface area contributed by atoms with Crippen LogP contribution in [-0.4, -0.2) is 23.6 Å². The molecule has 1 rings (SSSR count). The van der Waals surface area contributed by atoms with Crippen LogP contribution < -0.4 is 11.1 Å². The highest BCUT2D eigenvalue weighted by Crippen LogP contribution is 2.19. The zero-order valence-electron chi connectivity index (χ0n) is 8.33. The molecular formula is C10H13IN2O2. The van der Waals surface area contributed by atoms with Crippen LogP contribution >= 0.6 is 22.6 Å². The van der Waals surface area contributed by atoms with E-state index in [1.165, 1.54) is 6.07 Å². The smallest absolute Gasteiger partial charge is 0.255 e. The minimum atomic E-state index is -0.302. The molecule has 0 spiro atoms. The minimum Gasteiger partial charge on any atom is -0.507 e. The fourth-order valence-electron chi connectivity index (χ4n) is 1.05. The van der Waals surface area contributed by atoms with E-state index in [1.54, 1.807) is 12.1 Å². The normalized spacial score (nSPS) is 12.2.